The molecule has 1 amide bonds. The first-order chi connectivity index (χ1) is 6.99. The van der Waals surface area contributed by atoms with Gasteiger partial charge in [0.1, 0.15) is 0 Å². The minimum Gasteiger partial charge on any atom is -0.392 e. The van der Waals surface area contributed by atoms with Crippen LogP contribution < -0.4 is 5.32 Å². The van der Waals surface area contributed by atoms with Crippen molar-refractivity contribution in [3.8, 4) is 0 Å². The summed E-state index contributed by atoms with van der Waals surface area (Å²) < 4.78 is 0. The Kier molecular flexibility index (Phi) is 4.60. The molecule has 0 aliphatic heterocycles. The highest BCUT2D eigenvalue weighted by molar-refractivity contribution is 8.14. The van der Waals surface area contributed by atoms with Gasteiger partial charge in [0.25, 0.3) is 0 Å². The molecule has 1 fully saturated rings. The molecule has 3 atom stereocenters. The highest BCUT2D eigenvalue weighted by atomic mass is 32.2. The van der Waals surface area contributed by atoms with Crippen LogP contribution in [0.5, 0.6) is 0 Å². The van der Waals surface area contributed by atoms with Gasteiger partial charge in [-0.1, -0.05) is 11.8 Å². The third kappa shape index (κ3) is 4.22. The van der Waals surface area contributed by atoms with E-state index >= 15 is 0 Å². The molecule has 1 aliphatic rings. The van der Waals surface area contributed by atoms with Gasteiger partial charge in [-0.3, -0.25) is 9.59 Å². The maximum atomic E-state index is 10.9. The number of nitrogens with one attached hydrogen (secondary N) is 1. The van der Waals surface area contributed by atoms with Gasteiger partial charge in [-0.2, -0.15) is 0 Å². The van der Waals surface area contributed by atoms with Crippen LogP contribution in [0.3, 0.4) is 0 Å². The molecular formula is C10H17NO3S. The van der Waals surface area contributed by atoms with Gasteiger partial charge in [-0.15, -0.1) is 0 Å². The summed E-state index contributed by atoms with van der Waals surface area (Å²) in [7, 11) is 0. The van der Waals surface area contributed by atoms with E-state index in [1.54, 1.807) is 0 Å². The zero-order valence-corrected chi connectivity index (χ0v) is 9.84. The summed E-state index contributed by atoms with van der Waals surface area (Å²) in [6.07, 6.45) is 1.66. The predicted molar refractivity (Wildman–Crippen MR) is 59.5 cm³/mol. The van der Waals surface area contributed by atoms with Gasteiger partial charge in [0.15, 0.2) is 5.12 Å². The Labute approximate surface area is 93.8 Å². The molecule has 0 aromatic rings. The van der Waals surface area contributed by atoms with Crippen molar-refractivity contribution < 1.29 is 14.7 Å². The van der Waals surface area contributed by atoms with Crippen molar-refractivity contribution in [1.82, 2.24) is 5.32 Å². The fourth-order valence-electron chi connectivity index (χ4n) is 1.89. The first kappa shape index (κ1) is 12.5. The summed E-state index contributed by atoms with van der Waals surface area (Å²) in [4.78, 5) is 21.7. The number of carbonyl (C=O) groups excluding carboxylic acids is 2. The van der Waals surface area contributed by atoms with E-state index in [1.165, 1.54) is 25.6 Å². The average Bonchev–Trinajstić information content (AvgIpc) is 2.08. The molecule has 2 N–H and O–H groups in total. The Balaban J connectivity index is 2.40. The Morgan fingerprint density at radius 1 is 1.33 bits per heavy atom. The number of hydrogen-bond donors (Lipinski definition) is 2. The van der Waals surface area contributed by atoms with Crippen LogP contribution >= 0.6 is 11.8 Å². The molecule has 3 unspecified atom stereocenters. The normalized spacial score (nSPS) is 31.0. The van der Waals surface area contributed by atoms with E-state index in [0.29, 0.717) is 6.42 Å². The predicted octanol–water partition coefficient (Wildman–Crippen LogP) is 0.684. The topological polar surface area (TPSA) is 66.4 Å². The molecule has 0 heterocycles. The fraction of sp³-hybridized carbons (Fsp3) is 0.800. The molecule has 15 heavy (non-hydrogen) atoms. The average molecular weight is 231 g/mol. The number of amides is 1. The quantitative estimate of drug-likeness (QED) is 0.733. The molecule has 1 rings (SSSR count). The largest absolute Gasteiger partial charge is 0.392 e. The molecule has 86 valence electrons. The smallest absolute Gasteiger partial charge is 0.217 e. The lowest BCUT2D eigenvalue weighted by molar-refractivity contribution is -0.120. The minimum atomic E-state index is -0.496. The van der Waals surface area contributed by atoms with E-state index < -0.39 is 6.10 Å². The lowest BCUT2D eigenvalue weighted by Gasteiger charge is -2.32. The molecule has 1 aliphatic carbocycles. The van der Waals surface area contributed by atoms with Crippen molar-refractivity contribution in [3.05, 3.63) is 0 Å². The van der Waals surface area contributed by atoms with Crippen molar-refractivity contribution in [3.63, 3.8) is 0 Å². The van der Waals surface area contributed by atoms with Crippen molar-refractivity contribution in [2.24, 2.45) is 0 Å². The summed E-state index contributed by atoms with van der Waals surface area (Å²) in [6.45, 7) is 2.99. The van der Waals surface area contributed by atoms with E-state index in [-0.39, 0.29) is 22.3 Å². The summed E-state index contributed by atoms with van der Waals surface area (Å²) in [5, 5.41) is 12.6. The van der Waals surface area contributed by atoms with Gasteiger partial charge in [-0.25, -0.2) is 0 Å². The zero-order valence-electron chi connectivity index (χ0n) is 9.03. The van der Waals surface area contributed by atoms with E-state index in [9.17, 15) is 14.7 Å². The van der Waals surface area contributed by atoms with Crippen LogP contribution in [0.2, 0.25) is 0 Å². The number of carbonyl (C=O) groups is 2. The number of hydrogen-bond acceptors (Lipinski definition) is 4. The number of aliphatic hydroxyl groups excluding tert-OH is 1. The van der Waals surface area contributed by atoms with Crippen molar-refractivity contribution in [1.29, 1.82) is 0 Å². The number of thioether (sulfide) groups is 1. The van der Waals surface area contributed by atoms with Crippen molar-refractivity contribution in [2.45, 2.75) is 50.5 Å². The first-order valence-electron chi connectivity index (χ1n) is 5.11. The van der Waals surface area contributed by atoms with E-state index in [2.05, 4.69) is 5.32 Å². The zero-order chi connectivity index (χ0) is 11.4. The molecular weight excluding hydrogens is 214 g/mol. The molecule has 0 aromatic heterocycles. The minimum absolute atomic E-state index is 0.00694. The van der Waals surface area contributed by atoms with Crippen LogP contribution in [-0.4, -0.2) is 33.5 Å². The Morgan fingerprint density at radius 3 is 2.47 bits per heavy atom. The fourth-order valence-corrected chi connectivity index (χ4v) is 2.84. The van der Waals surface area contributed by atoms with Crippen LogP contribution in [0.4, 0.5) is 0 Å². The first-order valence-corrected chi connectivity index (χ1v) is 5.99. The van der Waals surface area contributed by atoms with Crippen LogP contribution in [0.15, 0.2) is 0 Å². The third-order valence-electron chi connectivity index (χ3n) is 2.48. The number of aliphatic hydroxyl groups is 1. The van der Waals surface area contributed by atoms with Gasteiger partial charge < -0.3 is 10.4 Å². The Hall–Kier alpha value is -0.550. The number of rotatable bonds is 2. The summed E-state index contributed by atoms with van der Waals surface area (Å²) in [5.74, 6) is -0.0649. The molecule has 5 heteroatoms. The molecule has 0 spiro atoms. The molecule has 0 bridgehead atoms. The highest BCUT2D eigenvalue weighted by Gasteiger charge is 2.30. The molecule has 0 aromatic carbocycles. The SMILES string of the molecule is CC(=O)NC1CCC(SC(C)=O)C(O)C1. The Morgan fingerprint density at radius 2 is 2.00 bits per heavy atom. The monoisotopic (exact) mass is 231 g/mol. The maximum Gasteiger partial charge on any atom is 0.217 e. The van der Waals surface area contributed by atoms with E-state index in [0.717, 1.165) is 12.8 Å². The van der Waals surface area contributed by atoms with Crippen LogP contribution in [0.1, 0.15) is 33.1 Å². The van der Waals surface area contributed by atoms with Gasteiger partial charge in [0.05, 0.1) is 6.10 Å². The van der Waals surface area contributed by atoms with Gasteiger partial charge >= 0.3 is 0 Å². The molecule has 4 nitrogen and oxygen atoms in total. The van der Waals surface area contributed by atoms with Gasteiger partial charge in [0.2, 0.25) is 5.91 Å². The second-order valence-electron chi connectivity index (χ2n) is 3.93. The maximum absolute atomic E-state index is 10.9. The van der Waals surface area contributed by atoms with Crippen LogP contribution in [0.25, 0.3) is 0 Å². The summed E-state index contributed by atoms with van der Waals surface area (Å²) >= 11 is 1.20. The summed E-state index contributed by atoms with van der Waals surface area (Å²) in [5.41, 5.74) is 0. The lowest BCUT2D eigenvalue weighted by Crippen LogP contribution is -2.43. The van der Waals surface area contributed by atoms with Crippen molar-refractivity contribution in [2.75, 3.05) is 0 Å². The van der Waals surface area contributed by atoms with Crippen molar-refractivity contribution >= 4 is 22.8 Å². The van der Waals surface area contributed by atoms with E-state index in [1.807, 2.05) is 0 Å². The molecule has 0 radical (unpaired) electrons. The lowest BCUT2D eigenvalue weighted by atomic mass is 9.92. The van der Waals surface area contributed by atoms with Gasteiger partial charge in [-0.05, 0) is 19.3 Å². The third-order valence-corrected chi connectivity index (χ3v) is 3.66. The standard InChI is InChI=1S/C10H17NO3S/c1-6(12)11-8-3-4-10(9(14)5-8)15-7(2)13/h8-10,14H,3-5H2,1-2H3,(H,11,12). The highest BCUT2D eigenvalue weighted by Crippen LogP contribution is 2.29. The van der Waals surface area contributed by atoms with Crippen LogP contribution in [0, 0.1) is 0 Å². The molecule has 0 saturated heterocycles. The summed E-state index contributed by atoms with van der Waals surface area (Å²) in [6, 6.07) is 0.0568. The van der Waals surface area contributed by atoms with E-state index in [4.69, 9.17) is 0 Å². The second kappa shape index (κ2) is 5.51. The molecule has 1 saturated carbocycles. The Bertz CT molecular complexity index is 257. The second-order valence-corrected chi connectivity index (χ2v) is 5.34. The van der Waals surface area contributed by atoms with Gasteiger partial charge in [0, 0.05) is 25.1 Å². The van der Waals surface area contributed by atoms with Crippen LogP contribution in [-0.2, 0) is 9.59 Å².